The smallest absolute Gasteiger partial charge is 0.335 e. The largest absolute Gasteiger partial charge is 0.478 e. The van der Waals surface area contributed by atoms with Gasteiger partial charge in [0, 0.05) is 12.1 Å². The van der Waals surface area contributed by atoms with Crippen molar-refractivity contribution in [3.8, 4) is 0 Å². The monoisotopic (exact) mass is 367 g/mol. The molecule has 1 aliphatic rings. The summed E-state index contributed by atoms with van der Waals surface area (Å²) in [6.07, 6.45) is 0. The zero-order chi connectivity index (χ0) is 19.6. The van der Waals surface area contributed by atoms with Crippen LogP contribution in [-0.2, 0) is 16.9 Å². The molecule has 1 saturated heterocycles. The van der Waals surface area contributed by atoms with Crippen LogP contribution >= 0.6 is 0 Å². The lowest BCUT2D eigenvalue weighted by Gasteiger charge is -2.21. The van der Waals surface area contributed by atoms with Gasteiger partial charge in [0.15, 0.2) is 0 Å². The fourth-order valence-electron chi connectivity index (χ4n) is 2.80. The van der Waals surface area contributed by atoms with Gasteiger partial charge in [0.2, 0.25) is 0 Å². The van der Waals surface area contributed by atoms with Gasteiger partial charge < -0.3 is 15.7 Å². The van der Waals surface area contributed by atoms with E-state index in [1.807, 2.05) is 0 Å². The minimum absolute atomic E-state index is 0.149. The maximum absolute atomic E-state index is 12.3. The van der Waals surface area contributed by atoms with E-state index in [0.29, 0.717) is 16.7 Å². The molecular formula is C19H17N3O5. The third-order valence-corrected chi connectivity index (χ3v) is 4.40. The standard InChI is InChI=1S/C19H17N3O5/c1-19(17(26)21-18(27)22-19)14-7-5-12(6-8-14)15(23)20-10-11-3-2-4-13(9-11)16(24)25/h2-9H,10H2,1H3,(H,20,23)(H,24,25)(H2,21,22,26,27). The number of carbonyl (C=O) groups excluding carboxylic acids is 3. The first-order valence-corrected chi connectivity index (χ1v) is 8.14. The second-order valence-corrected chi connectivity index (χ2v) is 6.30. The molecular weight excluding hydrogens is 350 g/mol. The molecule has 1 aliphatic heterocycles. The zero-order valence-corrected chi connectivity index (χ0v) is 14.4. The molecule has 0 aliphatic carbocycles. The van der Waals surface area contributed by atoms with Crippen LogP contribution in [0.1, 0.15) is 38.8 Å². The summed E-state index contributed by atoms with van der Waals surface area (Å²) in [5, 5.41) is 16.5. The van der Waals surface area contributed by atoms with E-state index in [1.165, 1.54) is 12.1 Å². The molecule has 3 rings (SSSR count). The molecule has 2 aromatic rings. The van der Waals surface area contributed by atoms with Crippen LogP contribution in [0.3, 0.4) is 0 Å². The maximum atomic E-state index is 12.3. The maximum Gasteiger partial charge on any atom is 0.335 e. The predicted molar refractivity (Wildman–Crippen MR) is 95.0 cm³/mol. The van der Waals surface area contributed by atoms with Gasteiger partial charge in [0.05, 0.1) is 5.56 Å². The number of hydrogen-bond donors (Lipinski definition) is 4. The molecule has 4 N–H and O–H groups in total. The highest BCUT2D eigenvalue weighted by atomic mass is 16.4. The fourth-order valence-corrected chi connectivity index (χ4v) is 2.80. The molecule has 4 amide bonds. The van der Waals surface area contributed by atoms with Crippen LogP contribution in [0.5, 0.6) is 0 Å². The molecule has 138 valence electrons. The Hall–Kier alpha value is -3.68. The second-order valence-electron chi connectivity index (χ2n) is 6.30. The van der Waals surface area contributed by atoms with Gasteiger partial charge in [-0.15, -0.1) is 0 Å². The molecule has 27 heavy (non-hydrogen) atoms. The van der Waals surface area contributed by atoms with Crippen molar-refractivity contribution in [2.45, 2.75) is 19.0 Å². The number of hydrogen-bond acceptors (Lipinski definition) is 4. The van der Waals surface area contributed by atoms with E-state index < -0.39 is 23.4 Å². The van der Waals surface area contributed by atoms with Gasteiger partial charge in [0.1, 0.15) is 5.54 Å². The van der Waals surface area contributed by atoms with E-state index >= 15 is 0 Å². The number of carbonyl (C=O) groups is 4. The van der Waals surface area contributed by atoms with Crippen LogP contribution in [0, 0.1) is 0 Å². The molecule has 1 atom stereocenters. The summed E-state index contributed by atoms with van der Waals surface area (Å²) in [5.74, 6) is -1.83. The second kappa shape index (κ2) is 6.91. The van der Waals surface area contributed by atoms with Crippen LogP contribution in [-0.4, -0.2) is 28.9 Å². The zero-order valence-electron chi connectivity index (χ0n) is 14.4. The Morgan fingerprint density at radius 3 is 2.37 bits per heavy atom. The van der Waals surface area contributed by atoms with E-state index in [-0.39, 0.29) is 18.0 Å². The van der Waals surface area contributed by atoms with Crippen molar-refractivity contribution in [2.24, 2.45) is 0 Å². The van der Waals surface area contributed by atoms with E-state index in [0.717, 1.165) is 0 Å². The molecule has 0 radical (unpaired) electrons. The lowest BCUT2D eigenvalue weighted by atomic mass is 9.91. The van der Waals surface area contributed by atoms with Gasteiger partial charge in [0.25, 0.3) is 11.8 Å². The van der Waals surface area contributed by atoms with Gasteiger partial charge in [-0.1, -0.05) is 24.3 Å². The molecule has 0 spiro atoms. The van der Waals surface area contributed by atoms with Gasteiger partial charge in [-0.2, -0.15) is 0 Å². The summed E-state index contributed by atoms with van der Waals surface area (Å²) in [5.41, 5.74) is 0.565. The van der Waals surface area contributed by atoms with Gasteiger partial charge in [-0.3, -0.25) is 14.9 Å². The normalized spacial score (nSPS) is 18.6. The predicted octanol–water partition coefficient (Wildman–Crippen LogP) is 1.37. The van der Waals surface area contributed by atoms with E-state index in [1.54, 1.807) is 43.3 Å². The number of carboxylic acids is 1. The molecule has 8 nitrogen and oxygen atoms in total. The Bertz CT molecular complexity index is 939. The molecule has 8 heteroatoms. The van der Waals surface area contributed by atoms with Crippen LogP contribution in [0.4, 0.5) is 4.79 Å². The fraction of sp³-hybridized carbons (Fsp3) is 0.158. The van der Waals surface area contributed by atoms with Gasteiger partial charge >= 0.3 is 12.0 Å². The number of amides is 4. The van der Waals surface area contributed by atoms with E-state index in [4.69, 9.17) is 5.11 Å². The molecule has 1 heterocycles. The highest BCUT2D eigenvalue weighted by Crippen LogP contribution is 2.24. The quantitative estimate of drug-likeness (QED) is 0.594. The summed E-state index contributed by atoms with van der Waals surface area (Å²) in [6.45, 7) is 1.76. The molecule has 0 saturated carbocycles. The molecule has 1 unspecified atom stereocenters. The summed E-state index contributed by atoms with van der Waals surface area (Å²) >= 11 is 0. The van der Waals surface area contributed by atoms with Crippen LogP contribution in [0.25, 0.3) is 0 Å². The summed E-state index contributed by atoms with van der Waals surface area (Å²) in [6, 6.07) is 12.1. The molecule has 0 bridgehead atoms. The van der Waals surface area contributed by atoms with Crippen LogP contribution in [0.15, 0.2) is 48.5 Å². The first-order chi connectivity index (χ1) is 12.8. The van der Waals surface area contributed by atoms with E-state index in [9.17, 15) is 19.2 Å². The lowest BCUT2D eigenvalue weighted by Crippen LogP contribution is -2.40. The Labute approximate surface area is 154 Å². The van der Waals surface area contributed by atoms with Crippen molar-refractivity contribution in [3.63, 3.8) is 0 Å². The third-order valence-electron chi connectivity index (χ3n) is 4.40. The summed E-state index contributed by atoms with van der Waals surface area (Å²) in [4.78, 5) is 46.6. The van der Waals surface area contributed by atoms with Crippen molar-refractivity contribution >= 4 is 23.8 Å². The number of carboxylic acid groups (broad SMARTS) is 1. The number of imide groups is 1. The van der Waals surface area contributed by atoms with E-state index in [2.05, 4.69) is 16.0 Å². The van der Waals surface area contributed by atoms with Crippen LogP contribution in [0.2, 0.25) is 0 Å². The number of urea groups is 1. The molecule has 2 aromatic carbocycles. The van der Waals surface area contributed by atoms with Gasteiger partial charge in [-0.05, 0) is 42.3 Å². The SMILES string of the molecule is CC1(c2ccc(C(=O)NCc3cccc(C(=O)O)c3)cc2)NC(=O)NC1=O. The number of nitrogens with one attached hydrogen (secondary N) is 3. The van der Waals surface area contributed by atoms with Crippen LogP contribution < -0.4 is 16.0 Å². The van der Waals surface area contributed by atoms with Crippen molar-refractivity contribution in [2.75, 3.05) is 0 Å². The summed E-state index contributed by atoms with van der Waals surface area (Å²) < 4.78 is 0. The topological polar surface area (TPSA) is 125 Å². The first-order valence-electron chi connectivity index (χ1n) is 8.14. The minimum Gasteiger partial charge on any atom is -0.478 e. The molecule has 1 fully saturated rings. The Balaban J connectivity index is 1.68. The Kier molecular flexibility index (Phi) is 4.64. The highest BCUT2D eigenvalue weighted by molar-refractivity contribution is 6.07. The number of aromatic carboxylic acids is 1. The first kappa shape index (κ1) is 18.1. The Morgan fingerprint density at radius 2 is 1.78 bits per heavy atom. The molecule has 0 aromatic heterocycles. The average molecular weight is 367 g/mol. The highest BCUT2D eigenvalue weighted by Gasteiger charge is 2.43. The number of benzene rings is 2. The Morgan fingerprint density at radius 1 is 1.07 bits per heavy atom. The van der Waals surface area contributed by atoms with Gasteiger partial charge in [-0.25, -0.2) is 9.59 Å². The number of rotatable bonds is 5. The lowest BCUT2D eigenvalue weighted by molar-refractivity contribution is -0.123. The third kappa shape index (κ3) is 3.64. The summed E-state index contributed by atoms with van der Waals surface area (Å²) in [7, 11) is 0. The van der Waals surface area contributed by atoms with Crippen molar-refractivity contribution in [3.05, 3.63) is 70.8 Å². The van der Waals surface area contributed by atoms with Crippen molar-refractivity contribution < 1.29 is 24.3 Å². The minimum atomic E-state index is -1.18. The van der Waals surface area contributed by atoms with Crippen molar-refractivity contribution in [1.82, 2.24) is 16.0 Å². The average Bonchev–Trinajstić information content (AvgIpc) is 2.92. The van der Waals surface area contributed by atoms with Crippen molar-refractivity contribution in [1.29, 1.82) is 0 Å².